The molecule has 0 amide bonds. The van der Waals surface area contributed by atoms with Gasteiger partial charge in [0.25, 0.3) is 0 Å². The van der Waals surface area contributed by atoms with Gasteiger partial charge < -0.3 is 5.32 Å². The van der Waals surface area contributed by atoms with Gasteiger partial charge in [0.05, 0.1) is 11.2 Å². The van der Waals surface area contributed by atoms with E-state index < -0.39 is 0 Å². The van der Waals surface area contributed by atoms with Gasteiger partial charge in [0, 0.05) is 11.4 Å². The first kappa shape index (κ1) is 9.86. The third-order valence-corrected chi connectivity index (χ3v) is 2.95. The largest absolute Gasteiger partial charge is 0.377 e. The zero-order valence-corrected chi connectivity index (χ0v) is 9.44. The maximum Gasteiger partial charge on any atom is 0.141 e. The van der Waals surface area contributed by atoms with Crippen LogP contribution in [0.15, 0.2) is 30.3 Å². The molecule has 1 unspecified atom stereocenters. The summed E-state index contributed by atoms with van der Waals surface area (Å²) in [6.07, 6.45) is 4.21. The maximum absolute atomic E-state index is 8.91. The molecule has 1 aromatic carbocycles. The molecule has 1 aromatic heterocycles. The number of hydrogen-bond acceptors (Lipinski definition) is 3. The van der Waals surface area contributed by atoms with Crippen LogP contribution in [-0.2, 0) is 0 Å². The van der Waals surface area contributed by atoms with Crippen molar-refractivity contribution in [1.82, 2.24) is 4.98 Å². The molecular formula is C14H11N3. The standard InChI is InChI=1S/C14H11N3/c1-9-2-3-10-4-5-11-6-7-12(8-15)17-14(11)13(10)16-9/h2-7,9,16H,1H3. The quantitative estimate of drug-likeness (QED) is 0.744. The molecule has 1 aliphatic rings. The van der Waals surface area contributed by atoms with Crippen LogP contribution in [0.3, 0.4) is 0 Å². The second-order valence-electron chi connectivity index (χ2n) is 4.20. The summed E-state index contributed by atoms with van der Waals surface area (Å²) < 4.78 is 0. The molecule has 0 radical (unpaired) electrons. The molecule has 1 aliphatic heterocycles. The SMILES string of the molecule is CC1C=Cc2ccc3ccc(C#N)nc3c2N1. The van der Waals surface area contributed by atoms with E-state index in [1.54, 1.807) is 6.07 Å². The highest BCUT2D eigenvalue weighted by molar-refractivity contribution is 5.96. The Labute approximate surface area is 99.4 Å². The number of anilines is 1. The van der Waals surface area contributed by atoms with E-state index >= 15 is 0 Å². The summed E-state index contributed by atoms with van der Waals surface area (Å²) in [6, 6.07) is 10.2. The van der Waals surface area contributed by atoms with Crippen molar-refractivity contribution >= 4 is 22.7 Å². The van der Waals surface area contributed by atoms with Gasteiger partial charge >= 0.3 is 0 Å². The van der Waals surface area contributed by atoms with Gasteiger partial charge in [-0.15, -0.1) is 0 Å². The minimum Gasteiger partial charge on any atom is -0.377 e. The second-order valence-corrected chi connectivity index (χ2v) is 4.20. The highest BCUT2D eigenvalue weighted by atomic mass is 14.9. The fraction of sp³-hybridized carbons (Fsp3) is 0.143. The molecule has 1 atom stereocenters. The Morgan fingerprint density at radius 3 is 2.94 bits per heavy atom. The van der Waals surface area contributed by atoms with Crippen LogP contribution >= 0.6 is 0 Å². The van der Waals surface area contributed by atoms with Gasteiger partial charge in [-0.1, -0.05) is 24.3 Å². The molecule has 2 aromatic rings. The number of hydrogen-bond donors (Lipinski definition) is 1. The van der Waals surface area contributed by atoms with E-state index in [-0.39, 0.29) is 0 Å². The molecular weight excluding hydrogens is 210 g/mol. The first-order valence-electron chi connectivity index (χ1n) is 5.56. The fourth-order valence-corrected chi connectivity index (χ4v) is 2.08. The molecule has 0 fully saturated rings. The Kier molecular flexibility index (Phi) is 2.09. The van der Waals surface area contributed by atoms with Gasteiger partial charge in [-0.2, -0.15) is 5.26 Å². The predicted molar refractivity (Wildman–Crippen MR) is 68.6 cm³/mol. The summed E-state index contributed by atoms with van der Waals surface area (Å²) in [4.78, 5) is 4.38. The summed E-state index contributed by atoms with van der Waals surface area (Å²) in [6.45, 7) is 2.09. The minimum atomic E-state index is 0.292. The summed E-state index contributed by atoms with van der Waals surface area (Å²) in [7, 11) is 0. The van der Waals surface area contributed by atoms with Crippen LogP contribution in [-0.4, -0.2) is 11.0 Å². The number of benzene rings is 1. The van der Waals surface area contributed by atoms with Gasteiger partial charge in [-0.25, -0.2) is 4.98 Å². The molecule has 0 spiro atoms. The van der Waals surface area contributed by atoms with Crippen LogP contribution in [0, 0.1) is 11.3 Å². The van der Waals surface area contributed by atoms with Crippen LogP contribution < -0.4 is 5.32 Å². The van der Waals surface area contributed by atoms with Crippen LogP contribution in [0.25, 0.3) is 17.0 Å². The van der Waals surface area contributed by atoms with Crippen molar-refractivity contribution in [3.63, 3.8) is 0 Å². The van der Waals surface area contributed by atoms with Crippen LogP contribution in [0.1, 0.15) is 18.2 Å². The highest BCUT2D eigenvalue weighted by Crippen LogP contribution is 2.30. The van der Waals surface area contributed by atoms with E-state index in [0.29, 0.717) is 11.7 Å². The number of nitrogens with zero attached hydrogens (tertiary/aromatic N) is 2. The van der Waals surface area contributed by atoms with Gasteiger partial charge in [0.1, 0.15) is 11.8 Å². The van der Waals surface area contributed by atoms with Crippen molar-refractivity contribution in [1.29, 1.82) is 5.26 Å². The Balaban J connectivity index is 2.33. The smallest absolute Gasteiger partial charge is 0.141 e. The number of pyridine rings is 1. The van der Waals surface area contributed by atoms with E-state index in [1.165, 1.54) is 0 Å². The van der Waals surface area contributed by atoms with E-state index in [1.807, 2.05) is 12.1 Å². The van der Waals surface area contributed by atoms with Gasteiger partial charge in [-0.05, 0) is 24.6 Å². The summed E-state index contributed by atoms with van der Waals surface area (Å²) >= 11 is 0. The molecule has 3 nitrogen and oxygen atoms in total. The second kappa shape index (κ2) is 3.60. The van der Waals surface area contributed by atoms with Crippen molar-refractivity contribution < 1.29 is 0 Å². The maximum atomic E-state index is 8.91. The molecule has 0 bridgehead atoms. The number of fused-ring (bicyclic) bond motifs is 3. The molecule has 3 rings (SSSR count). The lowest BCUT2D eigenvalue weighted by Crippen LogP contribution is -2.16. The van der Waals surface area contributed by atoms with E-state index in [4.69, 9.17) is 5.26 Å². The first-order valence-corrected chi connectivity index (χ1v) is 5.56. The van der Waals surface area contributed by atoms with Crippen molar-refractivity contribution in [3.8, 4) is 6.07 Å². The normalized spacial score (nSPS) is 17.3. The topological polar surface area (TPSA) is 48.7 Å². The van der Waals surface area contributed by atoms with Gasteiger partial charge in [0.15, 0.2) is 0 Å². The van der Waals surface area contributed by atoms with Crippen LogP contribution in [0.5, 0.6) is 0 Å². The van der Waals surface area contributed by atoms with E-state index in [2.05, 4.69) is 41.5 Å². The molecule has 0 aliphatic carbocycles. The lowest BCUT2D eigenvalue weighted by Gasteiger charge is -2.20. The molecule has 17 heavy (non-hydrogen) atoms. The van der Waals surface area contributed by atoms with Crippen molar-refractivity contribution in [2.45, 2.75) is 13.0 Å². The molecule has 0 saturated heterocycles. The lowest BCUT2D eigenvalue weighted by molar-refractivity contribution is 0.994. The zero-order valence-electron chi connectivity index (χ0n) is 9.44. The molecule has 0 saturated carbocycles. The molecule has 3 heteroatoms. The summed E-state index contributed by atoms with van der Waals surface area (Å²) in [5.74, 6) is 0. The Bertz CT molecular complexity index is 665. The van der Waals surface area contributed by atoms with Crippen molar-refractivity contribution in [2.24, 2.45) is 0 Å². The van der Waals surface area contributed by atoms with E-state index in [9.17, 15) is 0 Å². The predicted octanol–water partition coefficient (Wildman–Crippen LogP) is 2.93. The third kappa shape index (κ3) is 1.55. The summed E-state index contributed by atoms with van der Waals surface area (Å²) in [5, 5.41) is 13.4. The summed E-state index contributed by atoms with van der Waals surface area (Å²) in [5.41, 5.74) is 3.47. The Morgan fingerprint density at radius 2 is 2.12 bits per heavy atom. The van der Waals surface area contributed by atoms with Crippen molar-refractivity contribution in [3.05, 3.63) is 41.6 Å². The van der Waals surface area contributed by atoms with Gasteiger partial charge in [-0.3, -0.25) is 0 Å². The molecule has 1 N–H and O–H groups in total. The van der Waals surface area contributed by atoms with Gasteiger partial charge in [0.2, 0.25) is 0 Å². The molecule has 2 heterocycles. The number of rotatable bonds is 0. The third-order valence-electron chi connectivity index (χ3n) is 2.95. The Morgan fingerprint density at radius 1 is 1.29 bits per heavy atom. The number of aromatic nitrogens is 1. The van der Waals surface area contributed by atoms with E-state index in [0.717, 1.165) is 22.2 Å². The molecule has 82 valence electrons. The average Bonchev–Trinajstić information content (AvgIpc) is 2.38. The first-order chi connectivity index (χ1) is 8.28. The zero-order chi connectivity index (χ0) is 11.8. The minimum absolute atomic E-state index is 0.292. The monoisotopic (exact) mass is 221 g/mol. The average molecular weight is 221 g/mol. The fourth-order valence-electron chi connectivity index (χ4n) is 2.08. The Hall–Kier alpha value is -2.34. The van der Waals surface area contributed by atoms with Crippen LogP contribution in [0.4, 0.5) is 5.69 Å². The van der Waals surface area contributed by atoms with Crippen molar-refractivity contribution in [2.75, 3.05) is 5.32 Å². The lowest BCUT2D eigenvalue weighted by atomic mass is 10.0. The number of nitriles is 1. The highest BCUT2D eigenvalue weighted by Gasteiger charge is 2.13. The number of nitrogens with one attached hydrogen (secondary N) is 1. The van der Waals surface area contributed by atoms with Crippen LogP contribution in [0.2, 0.25) is 0 Å².